The summed E-state index contributed by atoms with van der Waals surface area (Å²) in [5.41, 5.74) is 5.19. The van der Waals surface area contributed by atoms with Crippen LogP contribution in [0, 0.1) is 18.6 Å². The molecule has 7 heteroatoms. The molecule has 0 aliphatic heterocycles. The molecule has 0 fully saturated rings. The minimum absolute atomic E-state index is 0.0975. The Labute approximate surface area is 101 Å². The molecule has 0 aliphatic carbocycles. The van der Waals surface area contributed by atoms with Crippen molar-refractivity contribution in [1.29, 1.82) is 0 Å². The second-order valence-electron chi connectivity index (χ2n) is 3.71. The molecule has 1 aromatic carbocycles. The van der Waals surface area contributed by atoms with Gasteiger partial charge in [0.1, 0.15) is 17.2 Å². The van der Waals surface area contributed by atoms with Crippen LogP contribution in [0.3, 0.4) is 0 Å². The third-order valence-corrected chi connectivity index (χ3v) is 2.42. The Hall–Kier alpha value is -2.44. The van der Waals surface area contributed by atoms with Gasteiger partial charge < -0.3 is 11.1 Å². The van der Waals surface area contributed by atoms with E-state index in [9.17, 15) is 13.6 Å². The summed E-state index contributed by atoms with van der Waals surface area (Å²) in [4.78, 5) is 11.8. The lowest BCUT2D eigenvalue weighted by Gasteiger charge is -2.07. The summed E-state index contributed by atoms with van der Waals surface area (Å²) in [7, 11) is 0. The second-order valence-corrected chi connectivity index (χ2v) is 3.71. The zero-order valence-corrected chi connectivity index (χ0v) is 9.42. The summed E-state index contributed by atoms with van der Waals surface area (Å²) in [5, 5.41) is 8.24. The Morgan fingerprint density at radius 1 is 1.44 bits per heavy atom. The Bertz CT molecular complexity index is 609. The molecule has 1 heterocycles. The molecule has 0 saturated carbocycles. The van der Waals surface area contributed by atoms with E-state index in [1.165, 1.54) is 19.2 Å². The molecule has 5 nitrogen and oxygen atoms in total. The number of amides is 1. The first-order valence-electron chi connectivity index (χ1n) is 5.05. The van der Waals surface area contributed by atoms with E-state index in [0.29, 0.717) is 0 Å². The average molecular weight is 252 g/mol. The van der Waals surface area contributed by atoms with Crippen molar-refractivity contribution < 1.29 is 13.6 Å². The standard InChI is InChI=1S/C11H10F2N4O/c1-5-2-3-6(12)8(9(5)13)11(18)16-10-7(14)4-15-17-10/h2-4H,14H2,1H3,(H2,15,16,17,18). The van der Waals surface area contributed by atoms with Crippen molar-refractivity contribution in [2.24, 2.45) is 0 Å². The van der Waals surface area contributed by atoms with Crippen molar-refractivity contribution in [1.82, 2.24) is 10.2 Å². The molecular weight excluding hydrogens is 242 g/mol. The summed E-state index contributed by atoms with van der Waals surface area (Å²) < 4.78 is 27.1. The first-order chi connectivity index (χ1) is 8.50. The Morgan fingerprint density at radius 3 is 2.78 bits per heavy atom. The number of nitrogen functional groups attached to an aromatic ring is 1. The van der Waals surface area contributed by atoms with Crippen LogP contribution in [-0.2, 0) is 0 Å². The topological polar surface area (TPSA) is 83.8 Å². The van der Waals surface area contributed by atoms with Gasteiger partial charge in [-0.2, -0.15) is 5.10 Å². The molecule has 0 bridgehead atoms. The largest absolute Gasteiger partial charge is 0.394 e. The van der Waals surface area contributed by atoms with Gasteiger partial charge in [-0.05, 0) is 18.6 Å². The normalized spacial score (nSPS) is 10.4. The van der Waals surface area contributed by atoms with Crippen LogP contribution in [0.25, 0.3) is 0 Å². The molecule has 94 valence electrons. The first kappa shape index (κ1) is 12.0. The minimum atomic E-state index is -0.936. The summed E-state index contributed by atoms with van der Waals surface area (Å²) in [6.07, 6.45) is 1.28. The highest BCUT2D eigenvalue weighted by atomic mass is 19.1. The third kappa shape index (κ3) is 2.02. The Morgan fingerprint density at radius 2 is 2.17 bits per heavy atom. The zero-order chi connectivity index (χ0) is 13.3. The van der Waals surface area contributed by atoms with Gasteiger partial charge in [0, 0.05) is 0 Å². The Kier molecular flexibility index (Phi) is 2.97. The molecular formula is C11H10F2N4O. The van der Waals surface area contributed by atoms with Crippen LogP contribution < -0.4 is 11.1 Å². The summed E-state index contributed by atoms with van der Waals surface area (Å²) in [5.74, 6) is -2.66. The minimum Gasteiger partial charge on any atom is -0.394 e. The van der Waals surface area contributed by atoms with E-state index < -0.39 is 23.1 Å². The molecule has 1 amide bonds. The fourth-order valence-electron chi connectivity index (χ4n) is 1.44. The maximum absolute atomic E-state index is 13.7. The van der Waals surface area contributed by atoms with Crippen LogP contribution in [0.1, 0.15) is 15.9 Å². The number of aromatic amines is 1. The molecule has 0 saturated heterocycles. The van der Waals surface area contributed by atoms with E-state index in [4.69, 9.17) is 5.73 Å². The maximum atomic E-state index is 13.7. The van der Waals surface area contributed by atoms with Crippen LogP contribution >= 0.6 is 0 Å². The molecule has 0 unspecified atom stereocenters. The molecule has 0 spiro atoms. The van der Waals surface area contributed by atoms with Crippen LogP contribution in [-0.4, -0.2) is 16.1 Å². The van der Waals surface area contributed by atoms with Crippen LogP contribution in [0.5, 0.6) is 0 Å². The fraction of sp³-hybridized carbons (Fsp3) is 0.0909. The highest BCUT2D eigenvalue weighted by molar-refractivity contribution is 6.05. The van der Waals surface area contributed by atoms with Gasteiger partial charge in [-0.3, -0.25) is 9.89 Å². The molecule has 4 N–H and O–H groups in total. The number of carbonyl (C=O) groups excluding carboxylic acids is 1. The third-order valence-electron chi connectivity index (χ3n) is 2.42. The van der Waals surface area contributed by atoms with Gasteiger partial charge in [0.15, 0.2) is 5.82 Å². The van der Waals surface area contributed by atoms with Crippen LogP contribution in [0.4, 0.5) is 20.3 Å². The first-order valence-corrected chi connectivity index (χ1v) is 5.05. The van der Waals surface area contributed by atoms with Gasteiger partial charge in [0.05, 0.1) is 11.9 Å². The maximum Gasteiger partial charge on any atom is 0.262 e. The molecule has 18 heavy (non-hydrogen) atoms. The number of hydrogen-bond acceptors (Lipinski definition) is 3. The number of anilines is 2. The molecule has 2 aromatic rings. The van der Waals surface area contributed by atoms with Crippen LogP contribution in [0.15, 0.2) is 18.3 Å². The highest BCUT2D eigenvalue weighted by Gasteiger charge is 2.20. The number of halogens is 2. The lowest BCUT2D eigenvalue weighted by Crippen LogP contribution is -2.17. The summed E-state index contributed by atoms with van der Waals surface area (Å²) in [6, 6.07) is 2.29. The number of benzene rings is 1. The fourth-order valence-corrected chi connectivity index (χ4v) is 1.44. The number of nitrogens with one attached hydrogen (secondary N) is 2. The number of hydrogen-bond donors (Lipinski definition) is 3. The number of carbonyl (C=O) groups is 1. The predicted octanol–water partition coefficient (Wildman–Crippen LogP) is 1.83. The van der Waals surface area contributed by atoms with Gasteiger partial charge in [-0.1, -0.05) is 6.07 Å². The monoisotopic (exact) mass is 252 g/mol. The van der Waals surface area contributed by atoms with E-state index in [1.54, 1.807) is 0 Å². The quantitative estimate of drug-likeness (QED) is 0.762. The van der Waals surface area contributed by atoms with Gasteiger partial charge in [-0.15, -0.1) is 0 Å². The number of H-pyrrole nitrogens is 1. The van der Waals surface area contributed by atoms with E-state index in [1.807, 2.05) is 0 Å². The molecule has 0 aliphatic rings. The van der Waals surface area contributed by atoms with Crippen molar-refractivity contribution >= 4 is 17.4 Å². The van der Waals surface area contributed by atoms with Crippen LogP contribution in [0.2, 0.25) is 0 Å². The number of nitrogens with zero attached hydrogens (tertiary/aromatic N) is 1. The lowest BCUT2D eigenvalue weighted by molar-refractivity contribution is 0.101. The van der Waals surface area contributed by atoms with E-state index >= 15 is 0 Å². The predicted molar refractivity (Wildman–Crippen MR) is 62.0 cm³/mol. The highest BCUT2D eigenvalue weighted by Crippen LogP contribution is 2.19. The molecule has 0 atom stereocenters. The molecule has 2 rings (SSSR count). The van der Waals surface area contributed by atoms with Gasteiger partial charge in [-0.25, -0.2) is 8.78 Å². The van der Waals surface area contributed by atoms with Crippen molar-refractivity contribution in [2.45, 2.75) is 6.92 Å². The van der Waals surface area contributed by atoms with E-state index in [2.05, 4.69) is 15.5 Å². The summed E-state index contributed by atoms with van der Waals surface area (Å²) in [6.45, 7) is 1.44. The van der Waals surface area contributed by atoms with Gasteiger partial charge >= 0.3 is 0 Å². The molecule has 0 radical (unpaired) electrons. The van der Waals surface area contributed by atoms with E-state index in [0.717, 1.165) is 6.07 Å². The molecule has 1 aromatic heterocycles. The van der Waals surface area contributed by atoms with E-state index in [-0.39, 0.29) is 17.1 Å². The van der Waals surface area contributed by atoms with Crippen molar-refractivity contribution in [3.63, 3.8) is 0 Å². The lowest BCUT2D eigenvalue weighted by atomic mass is 10.1. The Balaban J connectivity index is 2.35. The van der Waals surface area contributed by atoms with Crippen molar-refractivity contribution in [3.8, 4) is 0 Å². The van der Waals surface area contributed by atoms with Crippen molar-refractivity contribution in [3.05, 3.63) is 41.1 Å². The number of aryl methyl sites for hydroxylation is 1. The van der Waals surface area contributed by atoms with Gasteiger partial charge in [0.2, 0.25) is 0 Å². The average Bonchev–Trinajstić information content (AvgIpc) is 2.70. The number of rotatable bonds is 2. The van der Waals surface area contributed by atoms with Crippen molar-refractivity contribution in [2.75, 3.05) is 11.1 Å². The summed E-state index contributed by atoms with van der Waals surface area (Å²) >= 11 is 0. The SMILES string of the molecule is Cc1ccc(F)c(C(=O)Nc2[nH]ncc2N)c1F. The zero-order valence-electron chi connectivity index (χ0n) is 9.42. The number of aromatic nitrogens is 2. The second kappa shape index (κ2) is 4.44. The number of nitrogens with two attached hydrogens (primary N) is 1. The van der Waals surface area contributed by atoms with Gasteiger partial charge in [0.25, 0.3) is 5.91 Å². The smallest absolute Gasteiger partial charge is 0.262 e.